The molecule has 1 N–H and O–H groups in total. The Morgan fingerprint density at radius 2 is 1.53 bits per heavy atom. The number of hydrogen-bond acceptors (Lipinski definition) is 2. The monoisotopic (exact) mass is 452 g/mol. The number of benzene rings is 3. The number of nitrogens with zero attached hydrogens (tertiary/aromatic N) is 1. The third-order valence-electron chi connectivity index (χ3n) is 5.16. The van der Waals surface area contributed by atoms with Crippen LogP contribution < -0.4 is 5.32 Å². The summed E-state index contributed by atoms with van der Waals surface area (Å²) < 4.78 is 13.4. The first-order chi connectivity index (χ1) is 15.5. The molecule has 0 radical (unpaired) electrons. The van der Waals surface area contributed by atoms with Crippen LogP contribution in [-0.4, -0.2) is 29.3 Å². The maximum Gasteiger partial charge on any atom is 0.243 e. The van der Waals surface area contributed by atoms with Gasteiger partial charge in [-0.05, 0) is 47.9 Å². The van der Waals surface area contributed by atoms with Crippen LogP contribution in [0.25, 0.3) is 0 Å². The van der Waals surface area contributed by atoms with Crippen LogP contribution in [0.2, 0.25) is 5.02 Å². The Balaban J connectivity index is 1.93. The van der Waals surface area contributed by atoms with E-state index in [0.29, 0.717) is 18.0 Å². The van der Waals surface area contributed by atoms with Crippen molar-refractivity contribution in [1.29, 1.82) is 0 Å². The zero-order valence-corrected chi connectivity index (χ0v) is 18.7. The van der Waals surface area contributed by atoms with Crippen molar-refractivity contribution < 1.29 is 14.0 Å². The first kappa shape index (κ1) is 23.5. The fraction of sp³-hybridized carbons (Fsp3) is 0.231. The average molecular weight is 453 g/mol. The van der Waals surface area contributed by atoms with Crippen molar-refractivity contribution in [3.05, 3.63) is 106 Å². The molecule has 0 spiro atoms. The van der Waals surface area contributed by atoms with Gasteiger partial charge in [0.05, 0.1) is 6.42 Å². The highest BCUT2D eigenvalue weighted by atomic mass is 35.5. The van der Waals surface area contributed by atoms with Gasteiger partial charge in [-0.25, -0.2) is 4.39 Å². The van der Waals surface area contributed by atoms with Crippen molar-refractivity contribution in [2.45, 2.75) is 32.4 Å². The molecule has 0 aliphatic carbocycles. The fourth-order valence-electron chi connectivity index (χ4n) is 3.51. The molecule has 6 heteroatoms. The Morgan fingerprint density at radius 1 is 0.906 bits per heavy atom. The van der Waals surface area contributed by atoms with E-state index in [0.717, 1.165) is 16.7 Å². The summed E-state index contributed by atoms with van der Waals surface area (Å²) in [5.74, 6) is -0.760. The van der Waals surface area contributed by atoms with E-state index in [1.165, 1.54) is 12.1 Å². The number of nitrogens with one attached hydrogen (secondary N) is 1. The molecule has 1 atom stereocenters. The van der Waals surface area contributed by atoms with Crippen molar-refractivity contribution in [2.24, 2.45) is 0 Å². The molecule has 0 heterocycles. The smallest absolute Gasteiger partial charge is 0.243 e. The van der Waals surface area contributed by atoms with Gasteiger partial charge in [0, 0.05) is 24.5 Å². The van der Waals surface area contributed by atoms with Crippen molar-refractivity contribution in [1.82, 2.24) is 10.2 Å². The highest BCUT2D eigenvalue weighted by Gasteiger charge is 2.30. The molecule has 0 aromatic heterocycles. The first-order valence-electron chi connectivity index (χ1n) is 10.6. The fourth-order valence-corrected chi connectivity index (χ4v) is 3.64. The predicted octanol–water partition coefficient (Wildman–Crippen LogP) is 4.80. The van der Waals surface area contributed by atoms with Gasteiger partial charge in [0.2, 0.25) is 11.8 Å². The molecule has 0 bridgehead atoms. The normalized spacial score (nSPS) is 11.6. The quantitative estimate of drug-likeness (QED) is 0.507. The van der Waals surface area contributed by atoms with Crippen LogP contribution >= 0.6 is 11.6 Å². The lowest BCUT2D eigenvalue weighted by Crippen LogP contribution is -2.50. The highest BCUT2D eigenvalue weighted by molar-refractivity contribution is 6.30. The number of carbonyl (C=O) groups excluding carboxylic acids is 2. The molecule has 3 rings (SSSR count). The van der Waals surface area contributed by atoms with Gasteiger partial charge in [-0.2, -0.15) is 0 Å². The molecule has 166 valence electrons. The number of carbonyl (C=O) groups is 2. The lowest BCUT2D eigenvalue weighted by molar-refractivity contribution is -0.140. The Hall–Kier alpha value is -3.18. The standard InChI is InChI=1S/C26H26ClFN2O2/c1-2-29-26(32)24(16-19-6-4-3-5-7-19)30(18-21-10-14-23(28)15-11-21)25(31)17-20-8-12-22(27)13-9-20/h3-15,24H,2,16-18H2,1H3,(H,29,32)/t24-/m1/s1. The Kier molecular flexibility index (Phi) is 8.40. The molecule has 0 aliphatic rings. The second kappa shape index (κ2) is 11.4. The largest absolute Gasteiger partial charge is 0.355 e. The minimum atomic E-state index is -0.706. The molecule has 3 aromatic rings. The van der Waals surface area contributed by atoms with Crippen molar-refractivity contribution in [3.8, 4) is 0 Å². The summed E-state index contributed by atoms with van der Waals surface area (Å²) >= 11 is 5.97. The minimum Gasteiger partial charge on any atom is -0.355 e. The van der Waals surface area contributed by atoms with E-state index in [9.17, 15) is 14.0 Å². The van der Waals surface area contributed by atoms with Gasteiger partial charge in [0.15, 0.2) is 0 Å². The summed E-state index contributed by atoms with van der Waals surface area (Å²) in [5, 5.41) is 3.45. The summed E-state index contributed by atoms with van der Waals surface area (Å²) in [4.78, 5) is 28.1. The summed E-state index contributed by atoms with van der Waals surface area (Å²) in [5.41, 5.74) is 2.50. The zero-order chi connectivity index (χ0) is 22.9. The van der Waals surface area contributed by atoms with Gasteiger partial charge in [-0.1, -0.05) is 66.2 Å². The summed E-state index contributed by atoms with van der Waals surface area (Å²) in [6.07, 6.45) is 0.503. The molecule has 4 nitrogen and oxygen atoms in total. The van der Waals surface area contributed by atoms with Crippen molar-refractivity contribution in [3.63, 3.8) is 0 Å². The predicted molar refractivity (Wildman–Crippen MR) is 125 cm³/mol. The van der Waals surface area contributed by atoms with Crippen LogP contribution in [0.15, 0.2) is 78.9 Å². The molecule has 0 saturated heterocycles. The lowest BCUT2D eigenvalue weighted by Gasteiger charge is -2.31. The summed E-state index contributed by atoms with van der Waals surface area (Å²) in [6.45, 7) is 2.50. The first-order valence-corrected chi connectivity index (χ1v) is 10.9. The molecular formula is C26H26ClFN2O2. The molecular weight excluding hydrogens is 427 g/mol. The average Bonchev–Trinajstić information content (AvgIpc) is 2.79. The molecule has 3 aromatic carbocycles. The van der Waals surface area contributed by atoms with E-state index < -0.39 is 6.04 Å². The number of halogens is 2. The molecule has 0 unspecified atom stereocenters. The summed E-state index contributed by atoms with van der Waals surface area (Å²) in [7, 11) is 0. The maximum absolute atomic E-state index is 13.4. The zero-order valence-electron chi connectivity index (χ0n) is 17.9. The SMILES string of the molecule is CCNC(=O)[C@@H](Cc1ccccc1)N(Cc1ccc(F)cc1)C(=O)Cc1ccc(Cl)cc1. The lowest BCUT2D eigenvalue weighted by atomic mass is 10.0. The van der Waals surface area contributed by atoms with Crippen LogP contribution in [0.3, 0.4) is 0 Å². The van der Waals surface area contributed by atoms with Gasteiger partial charge in [-0.3, -0.25) is 9.59 Å². The van der Waals surface area contributed by atoms with Gasteiger partial charge in [-0.15, -0.1) is 0 Å². The molecule has 2 amide bonds. The van der Waals surface area contributed by atoms with Crippen molar-refractivity contribution in [2.75, 3.05) is 6.54 Å². The Morgan fingerprint density at radius 3 is 2.16 bits per heavy atom. The van der Waals surface area contributed by atoms with Crippen LogP contribution in [0, 0.1) is 5.82 Å². The Labute approximate surface area is 193 Å². The van der Waals surface area contributed by atoms with E-state index in [4.69, 9.17) is 11.6 Å². The second-order valence-electron chi connectivity index (χ2n) is 7.55. The number of hydrogen-bond donors (Lipinski definition) is 1. The van der Waals surface area contributed by atoms with Crippen LogP contribution in [0.4, 0.5) is 4.39 Å². The summed E-state index contributed by atoms with van der Waals surface area (Å²) in [6, 6.07) is 21.9. The van der Waals surface area contributed by atoms with Gasteiger partial charge < -0.3 is 10.2 Å². The van der Waals surface area contributed by atoms with Gasteiger partial charge in [0.1, 0.15) is 11.9 Å². The van der Waals surface area contributed by atoms with Crippen LogP contribution in [-0.2, 0) is 29.0 Å². The number of rotatable bonds is 9. The Bertz CT molecular complexity index is 1020. The molecule has 0 saturated carbocycles. The minimum absolute atomic E-state index is 0.128. The van der Waals surface area contributed by atoms with E-state index in [2.05, 4.69) is 5.32 Å². The van der Waals surface area contributed by atoms with E-state index in [-0.39, 0.29) is 30.6 Å². The number of likely N-dealkylation sites (N-methyl/N-ethyl adjacent to an activating group) is 1. The third-order valence-corrected chi connectivity index (χ3v) is 5.41. The highest BCUT2D eigenvalue weighted by Crippen LogP contribution is 2.18. The van der Waals surface area contributed by atoms with E-state index in [1.54, 1.807) is 41.3 Å². The molecule has 32 heavy (non-hydrogen) atoms. The topological polar surface area (TPSA) is 49.4 Å². The maximum atomic E-state index is 13.4. The molecule has 0 fully saturated rings. The molecule has 0 aliphatic heterocycles. The third kappa shape index (κ3) is 6.66. The van der Waals surface area contributed by atoms with Crippen LogP contribution in [0.5, 0.6) is 0 Å². The number of amides is 2. The van der Waals surface area contributed by atoms with Crippen molar-refractivity contribution >= 4 is 23.4 Å². The van der Waals surface area contributed by atoms with Gasteiger partial charge >= 0.3 is 0 Å². The van der Waals surface area contributed by atoms with Crippen LogP contribution in [0.1, 0.15) is 23.6 Å². The second-order valence-corrected chi connectivity index (χ2v) is 7.99. The van der Waals surface area contributed by atoms with Gasteiger partial charge in [0.25, 0.3) is 0 Å². The van der Waals surface area contributed by atoms with E-state index in [1.807, 2.05) is 37.3 Å². The van der Waals surface area contributed by atoms with E-state index >= 15 is 0 Å².